The molecule has 1 N–H and O–H groups in total. The van der Waals surface area contributed by atoms with Crippen LogP contribution in [0.25, 0.3) is 0 Å². The Morgan fingerprint density at radius 2 is 2.33 bits per heavy atom. The highest BCUT2D eigenvalue weighted by molar-refractivity contribution is 7.14. The summed E-state index contributed by atoms with van der Waals surface area (Å²) in [6.07, 6.45) is 3.33. The van der Waals surface area contributed by atoms with Crippen LogP contribution in [-0.4, -0.2) is 41.5 Å². The van der Waals surface area contributed by atoms with Crippen LogP contribution in [0, 0.1) is 11.3 Å². The van der Waals surface area contributed by atoms with Crippen molar-refractivity contribution in [2.45, 2.75) is 12.5 Å². The third-order valence-electron chi connectivity index (χ3n) is 3.59. The summed E-state index contributed by atoms with van der Waals surface area (Å²) in [6, 6.07) is 3.07. The number of ether oxygens (including phenoxy) is 1. The molecule has 0 bridgehead atoms. The van der Waals surface area contributed by atoms with Crippen molar-refractivity contribution in [1.29, 1.82) is 5.26 Å². The van der Waals surface area contributed by atoms with Gasteiger partial charge in [0.05, 0.1) is 25.1 Å². The van der Waals surface area contributed by atoms with Crippen molar-refractivity contribution in [2.75, 3.05) is 23.9 Å². The minimum Gasteiger partial charge on any atom is -0.465 e. The molecular weight excluding hydrogens is 330 g/mol. The van der Waals surface area contributed by atoms with Crippen LogP contribution in [0.1, 0.15) is 22.5 Å². The van der Waals surface area contributed by atoms with Gasteiger partial charge in [0.2, 0.25) is 5.91 Å². The quantitative estimate of drug-likeness (QED) is 0.836. The molecule has 0 saturated carbocycles. The predicted molar refractivity (Wildman–Crippen MR) is 86.8 cm³/mol. The van der Waals surface area contributed by atoms with Gasteiger partial charge in [0, 0.05) is 6.54 Å². The lowest BCUT2D eigenvalue weighted by atomic mass is 10.2. The summed E-state index contributed by atoms with van der Waals surface area (Å²) in [5.41, 5.74) is 0.593. The summed E-state index contributed by atoms with van der Waals surface area (Å²) < 4.78 is 4.74. The number of hydrogen-bond donors (Lipinski definition) is 1. The van der Waals surface area contributed by atoms with Gasteiger partial charge in [-0.2, -0.15) is 5.26 Å². The molecule has 0 aliphatic carbocycles. The first kappa shape index (κ1) is 15.9. The van der Waals surface area contributed by atoms with Crippen molar-refractivity contribution in [3.05, 3.63) is 35.1 Å². The van der Waals surface area contributed by atoms with Crippen molar-refractivity contribution in [2.24, 2.45) is 0 Å². The van der Waals surface area contributed by atoms with Crippen LogP contribution >= 0.6 is 11.3 Å². The largest absolute Gasteiger partial charge is 0.465 e. The van der Waals surface area contributed by atoms with E-state index >= 15 is 0 Å². The number of nitrogens with one attached hydrogen (secondary N) is 1. The molecule has 3 rings (SSSR count). The molecule has 1 amide bonds. The fourth-order valence-corrected chi connectivity index (χ4v) is 3.35. The average Bonchev–Trinajstić information content (AvgIpc) is 3.22. The fourth-order valence-electron chi connectivity index (χ4n) is 2.43. The molecule has 1 unspecified atom stereocenters. The standard InChI is InChI=1S/C15H13N5O3S/c1-23-15(22)10-3-5-24-14(10)20-4-2-11(13(20)21)19-12-8-17-9(6-16)7-18-12/h3,5,7-8,11H,2,4H2,1H3,(H,18,19). The second kappa shape index (κ2) is 6.64. The van der Waals surface area contributed by atoms with E-state index in [1.807, 2.05) is 6.07 Å². The van der Waals surface area contributed by atoms with Gasteiger partial charge in [0.15, 0.2) is 5.69 Å². The SMILES string of the molecule is COC(=O)c1ccsc1N1CCC(Nc2cnc(C#N)cn2)C1=O. The van der Waals surface area contributed by atoms with Gasteiger partial charge in [0.1, 0.15) is 22.9 Å². The number of rotatable bonds is 4. The van der Waals surface area contributed by atoms with Crippen molar-refractivity contribution in [3.8, 4) is 6.07 Å². The molecule has 24 heavy (non-hydrogen) atoms. The summed E-state index contributed by atoms with van der Waals surface area (Å²) in [5, 5.41) is 14.1. The smallest absolute Gasteiger partial charge is 0.340 e. The summed E-state index contributed by atoms with van der Waals surface area (Å²) >= 11 is 1.32. The first-order valence-electron chi connectivity index (χ1n) is 7.10. The van der Waals surface area contributed by atoms with Gasteiger partial charge < -0.3 is 15.0 Å². The van der Waals surface area contributed by atoms with E-state index in [0.29, 0.717) is 29.3 Å². The molecule has 2 aromatic heterocycles. The summed E-state index contributed by atoms with van der Waals surface area (Å²) in [6.45, 7) is 0.491. The number of carbonyl (C=O) groups excluding carboxylic acids is 2. The Kier molecular flexibility index (Phi) is 4.39. The highest BCUT2D eigenvalue weighted by Gasteiger charge is 2.35. The molecule has 1 saturated heterocycles. The van der Waals surface area contributed by atoms with Gasteiger partial charge in [-0.15, -0.1) is 11.3 Å². The van der Waals surface area contributed by atoms with E-state index in [0.717, 1.165) is 0 Å². The molecule has 1 aliphatic heterocycles. The lowest BCUT2D eigenvalue weighted by Crippen LogP contribution is -2.34. The van der Waals surface area contributed by atoms with Gasteiger partial charge in [-0.05, 0) is 17.9 Å². The monoisotopic (exact) mass is 343 g/mol. The van der Waals surface area contributed by atoms with E-state index in [2.05, 4.69) is 15.3 Å². The van der Waals surface area contributed by atoms with Gasteiger partial charge in [-0.3, -0.25) is 4.79 Å². The molecule has 122 valence electrons. The number of hydrogen-bond acceptors (Lipinski definition) is 8. The maximum absolute atomic E-state index is 12.6. The molecule has 2 aromatic rings. The topological polar surface area (TPSA) is 108 Å². The van der Waals surface area contributed by atoms with Crippen LogP contribution in [-0.2, 0) is 9.53 Å². The highest BCUT2D eigenvalue weighted by Crippen LogP contribution is 2.32. The number of aromatic nitrogens is 2. The van der Waals surface area contributed by atoms with Crippen LogP contribution in [0.15, 0.2) is 23.8 Å². The molecule has 0 spiro atoms. The molecule has 1 aliphatic rings. The molecule has 1 fully saturated rings. The van der Waals surface area contributed by atoms with Gasteiger partial charge >= 0.3 is 5.97 Å². The summed E-state index contributed by atoms with van der Waals surface area (Å²) in [4.78, 5) is 33.9. The number of nitriles is 1. The third kappa shape index (κ3) is 2.91. The zero-order valence-corrected chi connectivity index (χ0v) is 13.5. The number of thiophene rings is 1. The zero-order chi connectivity index (χ0) is 17.1. The number of nitrogens with zero attached hydrogens (tertiary/aromatic N) is 4. The molecule has 1 atom stereocenters. The molecule has 9 heteroatoms. The summed E-state index contributed by atoms with van der Waals surface area (Å²) in [5.74, 6) is -0.184. The van der Waals surface area contributed by atoms with E-state index in [9.17, 15) is 9.59 Å². The van der Waals surface area contributed by atoms with Crippen LogP contribution in [0.2, 0.25) is 0 Å². The average molecular weight is 343 g/mol. The van der Waals surface area contributed by atoms with Crippen molar-refractivity contribution >= 4 is 34.0 Å². The molecule has 8 nitrogen and oxygen atoms in total. The van der Waals surface area contributed by atoms with Gasteiger partial charge in [0.25, 0.3) is 0 Å². The Labute approximate surface area is 141 Å². The van der Waals surface area contributed by atoms with Gasteiger partial charge in [-0.1, -0.05) is 0 Å². The lowest BCUT2D eigenvalue weighted by Gasteiger charge is -2.17. The third-order valence-corrected chi connectivity index (χ3v) is 4.52. The fraction of sp³-hybridized carbons (Fsp3) is 0.267. The van der Waals surface area contributed by atoms with Crippen LogP contribution < -0.4 is 10.2 Å². The minimum absolute atomic E-state index is 0.145. The van der Waals surface area contributed by atoms with E-state index in [1.165, 1.54) is 30.8 Å². The number of methoxy groups -OCH3 is 1. The number of amides is 1. The first-order chi connectivity index (χ1) is 11.6. The molecule has 3 heterocycles. The molecule has 0 aromatic carbocycles. The van der Waals surface area contributed by atoms with Crippen molar-refractivity contribution in [1.82, 2.24) is 9.97 Å². The van der Waals surface area contributed by atoms with E-state index < -0.39 is 12.0 Å². The maximum atomic E-state index is 12.6. The van der Waals surface area contributed by atoms with E-state index in [4.69, 9.17) is 10.00 Å². The molecular formula is C15H13N5O3S. The van der Waals surface area contributed by atoms with Crippen LogP contribution in [0.4, 0.5) is 10.8 Å². The number of esters is 1. The lowest BCUT2D eigenvalue weighted by molar-refractivity contribution is -0.117. The predicted octanol–water partition coefficient (Wildman–Crippen LogP) is 1.41. The van der Waals surface area contributed by atoms with Crippen LogP contribution in [0.3, 0.4) is 0 Å². The first-order valence-corrected chi connectivity index (χ1v) is 7.98. The normalized spacial score (nSPS) is 16.8. The zero-order valence-electron chi connectivity index (χ0n) is 12.7. The van der Waals surface area contributed by atoms with Crippen molar-refractivity contribution < 1.29 is 14.3 Å². The Hall–Kier alpha value is -2.99. The highest BCUT2D eigenvalue weighted by atomic mass is 32.1. The number of carbonyl (C=O) groups is 2. The van der Waals surface area contributed by atoms with Crippen LogP contribution in [0.5, 0.6) is 0 Å². The second-order valence-corrected chi connectivity index (χ2v) is 5.90. The molecule has 0 radical (unpaired) electrons. The second-order valence-electron chi connectivity index (χ2n) is 5.01. The van der Waals surface area contributed by atoms with E-state index in [1.54, 1.807) is 16.3 Å². The minimum atomic E-state index is -0.464. The van der Waals surface area contributed by atoms with Crippen molar-refractivity contribution in [3.63, 3.8) is 0 Å². The van der Waals surface area contributed by atoms with E-state index in [-0.39, 0.29) is 11.6 Å². The van der Waals surface area contributed by atoms with Gasteiger partial charge in [-0.25, -0.2) is 14.8 Å². The maximum Gasteiger partial charge on any atom is 0.340 e. The number of anilines is 2. The Morgan fingerprint density at radius 1 is 1.50 bits per heavy atom. The summed E-state index contributed by atoms with van der Waals surface area (Å²) in [7, 11) is 1.31. The Bertz CT molecular complexity index is 811. The Balaban J connectivity index is 1.74. The Morgan fingerprint density at radius 3 is 3.00 bits per heavy atom.